The predicted octanol–water partition coefficient (Wildman–Crippen LogP) is 1.41. The fourth-order valence-corrected chi connectivity index (χ4v) is 4.38. The van der Waals surface area contributed by atoms with Crippen LogP contribution in [-0.2, 0) is 4.74 Å². The summed E-state index contributed by atoms with van der Waals surface area (Å²) in [5.41, 5.74) is 0.414. The zero-order valence-electron chi connectivity index (χ0n) is 9.00. The van der Waals surface area contributed by atoms with Gasteiger partial charge in [0, 0.05) is 0 Å². The molecule has 1 heterocycles. The number of ether oxygens (including phenoxy) is 1. The molecule has 0 unspecified atom stereocenters. The monoisotopic (exact) mass is 301 g/mol. The fourth-order valence-electron chi connectivity index (χ4n) is 1.11. The summed E-state index contributed by atoms with van der Waals surface area (Å²) >= 11 is -2.08. The Morgan fingerprint density at radius 2 is 2.07 bits per heavy atom. The number of rotatable bonds is 2. The molecule has 0 atom stereocenters. The van der Waals surface area contributed by atoms with E-state index in [-0.39, 0.29) is 5.97 Å². The summed E-state index contributed by atoms with van der Waals surface area (Å²) < 4.78 is 5.91. The zero-order chi connectivity index (χ0) is 10.8. The van der Waals surface area contributed by atoms with Crippen LogP contribution in [0.25, 0.3) is 0 Å². The first-order chi connectivity index (χ1) is 6.45. The Balaban J connectivity index is 3.08. The van der Waals surface area contributed by atoms with Gasteiger partial charge in [-0.05, 0) is 0 Å². The van der Waals surface area contributed by atoms with Gasteiger partial charge in [-0.15, -0.1) is 0 Å². The van der Waals surface area contributed by atoms with Crippen molar-refractivity contribution in [2.24, 2.45) is 0 Å². The van der Waals surface area contributed by atoms with Gasteiger partial charge in [-0.1, -0.05) is 0 Å². The number of pyridine rings is 1. The fraction of sp³-hybridized carbons (Fsp3) is 0.400. The molecule has 0 radical (unpaired) electrons. The first-order valence-corrected chi connectivity index (χ1v) is 14.5. The normalized spacial score (nSPS) is 11.1. The van der Waals surface area contributed by atoms with Crippen LogP contribution in [0, 0.1) is 0 Å². The van der Waals surface area contributed by atoms with Crippen LogP contribution < -0.4 is 3.58 Å². The molecule has 0 aliphatic rings. The van der Waals surface area contributed by atoms with E-state index < -0.39 is 18.4 Å². The second kappa shape index (κ2) is 4.29. The van der Waals surface area contributed by atoms with Crippen LogP contribution >= 0.6 is 0 Å². The molecule has 0 amide bonds. The molecule has 4 heteroatoms. The Bertz CT molecular complexity index is 344. The van der Waals surface area contributed by atoms with E-state index in [1.165, 1.54) is 10.7 Å². The third kappa shape index (κ3) is 2.70. The summed E-state index contributed by atoms with van der Waals surface area (Å²) in [5.74, 6) is -0.359. The van der Waals surface area contributed by atoms with Crippen LogP contribution in [0.5, 0.6) is 0 Å². The first-order valence-electron chi connectivity index (χ1n) is 4.50. The van der Waals surface area contributed by atoms with Crippen molar-refractivity contribution < 1.29 is 9.53 Å². The number of methoxy groups -OCH3 is 1. The molecular formula is C10H15NO2Sn. The Kier molecular flexibility index (Phi) is 3.53. The molecule has 14 heavy (non-hydrogen) atoms. The Hall–Kier alpha value is -0.581. The minimum atomic E-state index is -2.08. The Labute approximate surface area is 88.4 Å². The van der Waals surface area contributed by atoms with Gasteiger partial charge in [-0.2, -0.15) is 0 Å². The molecule has 1 aromatic rings. The second-order valence-corrected chi connectivity index (χ2v) is 18.7. The minimum absolute atomic E-state index is 0.359. The molecule has 0 aliphatic heterocycles. The summed E-state index contributed by atoms with van der Waals surface area (Å²) in [6.45, 7) is 0. The van der Waals surface area contributed by atoms with Crippen molar-refractivity contribution in [3.05, 3.63) is 24.0 Å². The Morgan fingerprint density at radius 3 is 2.57 bits per heavy atom. The molecular weight excluding hydrogens is 285 g/mol. The van der Waals surface area contributed by atoms with Crippen molar-refractivity contribution in [3.8, 4) is 0 Å². The van der Waals surface area contributed by atoms with Gasteiger partial charge >= 0.3 is 88.4 Å². The zero-order valence-corrected chi connectivity index (χ0v) is 11.8. The SMILES string of the molecule is COC(=O)c1c[c]([Sn]([CH3])([CH3])[CH3])ccn1. The van der Waals surface area contributed by atoms with Gasteiger partial charge in [0.05, 0.1) is 0 Å². The molecule has 0 fully saturated rings. The van der Waals surface area contributed by atoms with E-state index in [4.69, 9.17) is 0 Å². The number of carbonyl (C=O) groups is 1. The number of carbonyl (C=O) groups excluding carboxylic acids is 1. The molecule has 0 saturated carbocycles. The van der Waals surface area contributed by atoms with Crippen LogP contribution in [0.3, 0.4) is 0 Å². The van der Waals surface area contributed by atoms with Gasteiger partial charge in [0.15, 0.2) is 0 Å². The Morgan fingerprint density at radius 1 is 1.43 bits per heavy atom. The standard InChI is InChI=1S/C7H6NO2.3CH3.Sn/c1-10-7(9)6-4-2-3-5-8-6;;;;/h3-5H,1H3;3*1H3;. The number of nitrogens with zero attached hydrogens (tertiary/aromatic N) is 1. The quantitative estimate of drug-likeness (QED) is 0.612. The molecule has 1 rings (SSSR count). The molecule has 1 aromatic heterocycles. The average molecular weight is 300 g/mol. The molecule has 0 aliphatic carbocycles. The molecule has 76 valence electrons. The number of hydrogen-bond donors (Lipinski definition) is 0. The van der Waals surface area contributed by atoms with E-state index in [0.29, 0.717) is 5.69 Å². The van der Waals surface area contributed by atoms with Crippen molar-refractivity contribution in [2.75, 3.05) is 7.11 Å². The van der Waals surface area contributed by atoms with E-state index in [9.17, 15) is 4.79 Å². The van der Waals surface area contributed by atoms with E-state index in [2.05, 4.69) is 24.5 Å². The summed E-state index contributed by atoms with van der Waals surface area (Å²) in [5, 5.41) is 0. The van der Waals surface area contributed by atoms with Crippen LogP contribution in [0.4, 0.5) is 0 Å². The molecule has 0 aromatic carbocycles. The third-order valence-electron chi connectivity index (χ3n) is 2.02. The van der Waals surface area contributed by atoms with Crippen LogP contribution in [0.1, 0.15) is 10.5 Å². The van der Waals surface area contributed by atoms with E-state index >= 15 is 0 Å². The van der Waals surface area contributed by atoms with Crippen LogP contribution in [0.15, 0.2) is 18.3 Å². The molecule has 3 nitrogen and oxygen atoms in total. The van der Waals surface area contributed by atoms with Crippen LogP contribution in [-0.4, -0.2) is 36.4 Å². The van der Waals surface area contributed by atoms with Gasteiger partial charge in [-0.3, -0.25) is 0 Å². The van der Waals surface area contributed by atoms with Crippen molar-refractivity contribution in [2.45, 2.75) is 14.8 Å². The summed E-state index contributed by atoms with van der Waals surface area (Å²) in [4.78, 5) is 22.1. The first kappa shape index (κ1) is 11.5. The number of aromatic nitrogens is 1. The van der Waals surface area contributed by atoms with Crippen molar-refractivity contribution >= 4 is 27.9 Å². The molecule has 0 bridgehead atoms. The van der Waals surface area contributed by atoms with E-state index in [0.717, 1.165) is 0 Å². The molecule has 0 saturated heterocycles. The van der Waals surface area contributed by atoms with Crippen molar-refractivity contribution in [1.29, 1.82) is 0 Å². The number of hydrogen-bond acceptors (Lipinski definition) is 3. The van der Waals surface area contributed by atoms with Gasteiger partial charge in [0.1, 0.15) is 0 Å². The second-order valence-electron chi connectivity index (χ2n) is 4.17. The molecule has 0 spiro atoms. The predicted molar refractivity (Wildman–Crippen MR) is 58.6 cm³/mol. The maximum absolute atomic E-state index is 11.2. The maximum atomic E-state index is 11.2. The van der Waals surface area contributed by atoms with Gasteiger partial charge in [-0.25, -0.2) is 0 Å². The van der Waals surface area contributed by atoms with Gasteiger partial charge < -0.3 is 0 Å². The average Bonchev–Trinajstić information content (AvgIpc) is 2.15. The van der Waals surface area contributed by atoms with E-state index in [1.54, 1.807) is 6.20 Å². The topological polar surface area (TPSA) is 39.2 Å². The number of esters is 1. The van der Waals surface area contributed by atoms with Crippen LogP contribution in [0.2, 0.25) is 14.8 Å². The van der Waals surface area contributed by atoms with Gasteiger partial charge in [0.25, 0.3) is 0 Å². The summed E-state index contributed by atoms with van der Waals surface area (Å²) in [7, 11) is 1.37. The van der Waals surface area contributed by atoms with E-state index in [1.807, 2.05) is 12.1 Å². The third-order valence-corrected chi connectivity index (χ3v) is 7.85. The van der Waals surface area contributed by atoms with Crippen molar-refractivity contribution in [1.82, 2.24) is 4.98 Å². The summed E-state index contributed by atoms with van der Waals surface area (Å²) in [6, 6.07) is 3.87. The van der Waals surface area contributed by atoms with Crippen molar-refractivity contribution in [3.63, 3.8) is 0 Å². The van der Waals surface area contributed by atoms with Gasteiger partial charge in [0.2, 0.25) is 0 Å². The summed E-state index contributed by atoms with van der Waals surface area (Å²) in [6.07, 6.45) is 1.68. The molecule has 0 N–H and O–H groups in total.